The van der Waals surface area contributed by atoms with E-state index in [0.717, 1.165) is 12.0 Å². The van der Waals surface area contributed by atoms with Gasteiger partial charge in [-0.1, -0.05) is 13.0 Å². The average molecular weight is 174 g/mol. The summed E-state index contributed by atoms with van der Waals surface area (Å²) in [5.74, 6) is 0.509. The van der Waals surface area contributed by atoms with Crippen LogP contribution in [0.5, 0.6) is 0 Å². The summed E-state index contributed by atoms with van der Waals surface area (Å²) in [6.07, 6.45) is 0.926. The molecule has 0 N–H and O–H groups in total. The largest absolute Gasteiger partial charge is 0.294 e. The molecule has 1 nitrogen and oxygen atoms in total. The normalized spacial score (nSPS) is 20.5. The lowest BCUT2D eigenvalue weighted by Crippen LogP contribution is -2.03. The van der Waals surface area contributed by atoms with Gasteiger partial charge in [0.15, 0.2) is 5.78 Å². The maximum Gasteiger partial charge on any atom is 0.166 e. The molecular weight excluding hydrogens is 160 g/mol. The number of ketones is 1. The fourth-order valence-corrected chi connectivity index (χ4v) is 1.96. The van der Waals surface area contributed by atoms with Gasteiger partial charge >= 0.3 is 0 Å². The van der Waals surface area contributed by atoms with Crippen LogP contribution in [0.1, 0.15) is 34.0 Å². The first-order chi connectivity index (χ1) is 6.09. The molecule has 1 aliphatic carbocycles. The van der Waals surface area contributed by atoms with Gasteiger partial charge in [-0.25, -0.2) is 0 Å². The van der Waals surface area contributed by atoms with Crippen LogP contribution in [-0.4, -0.2) is 5.78 Å². The first kappa shape index (κ1) is 8.49. The van der Waals surface area contributed by atoms with Crippen molar-refractivity contribution in [1.29, 1.82) is 0 Å². The van der Waals surface area contributed by atoms with E-state index in [9.17, 15) is 4.79 Å². The van der Waals surface area contributed by atoms with E-state index >= 15 is 0 Å². The molecule has 1 aliphatic rings. The number of fused-ring (bicyclic) bond motifs is 1. The van der Waals surface area contributed by atoms with E-state index < -0.39 is 0 Å². The highest BCUT2D eigenvalue weighted by Gasteiger charge is 2.26. The Labute approximate surface area is 78.8 Å². The molecule has 1 aromatic rings. The fourth-order valence-electron chi connectivity index (χ4n) is 1.96. The molecule has 1 heteroatoms. The van der Waals surface area contributed by atoms with Gasteiger partial charge in [0.05, 0.1) is 0 Å². The zero-order valence-corrected chi connectivity index (χ0v) is 8.35. The van der Waals surface area contributed by atoms with Gasteiger partial charge in [-0.3, -0.25) is 4.79 Å². The van der Waals surface area contributed by atoms with Gasteiger partial charge < -0.3 is 0 Å². The van der Waals surface area contributed by atoms with Gasteiger partial charge in [0, 0.05) is 11.5 Å². The highest BCUT2D eigenvalue weighted by atomic mass is 16.1. The van der Waals surface area contributed by atoms with Crippen LogP contribution >= 0.6 is 0 Å². The Kier molecular flexibility index (Phi) is 1.76. The van der Waals surface area contributed by atoms with Crippen molar-refractivity contribution in [2.45, 2.75) is 27.2 Å². The molecule has 0 amide bonds. The van der Waals surface area contributed by atoms with Gasteiger partial charge in [0.25, 0.3) is 0 Å². The number of benzene rings is 1. The van der Waals surface area contributed by atoms with Crippen molar-refractivity contribution in [3.8, 4) is 0 Å². The first-order valence-corrected chi connectivity index (χ1v) is 4.74. The van der Waals surface area contributed by atoms with Crippen molar-refractivity contribution < 1.29 is 4.79 Å². The van der Waals surface area contributed by atoms with E-state index in [4.69, 9.17) is 0 Å². The molecule has 1 atom stereocenters. The van der Waals surface area contributed by atoms with Crippen molar-refractivity contribution in [3.05, 3.63) is 34.4 Å². The average Bonchev–Trinajstić information content (AvgIpc) is 2.32. The first-order valence-electron chi connectivity index (χ1n) is 4.74. The zero-order valence-electron chi connectivity index (χ0n) is 8.35. The molecule has 0 unspecified atom stereocenters. The van der Waals surface area contributed by atoms with Gasteiger partial charge in [-0.05, 0) is 43.0 Å². The number of carbonyl (C=O) groups is 1. The van der Waals surface area contributed by atoms with Gasteiger partial charge in [0.1, 0.15) is 0 Å². The molecule has 0 spiro atoms. The molecule has 0 fully saturated rings. The number of rotatable bonds is 0. The summed E-state index contributed by atoms with van der Waals surface area (Å²) < 4.78 is 0. The van der Waals surface area contributed by atoms with Gasteiger partial charge in [-0.2, -0.15) is 0 Å². The molecule has 0 aliphatic heterocycles. The fraction of sp³-hybridized carbons (Fsp3) is 0.417. The van der Waals surface area contributed by atoms with Crippen LogP contribution in [-0.2, 0) is 6.42 Å². The predicted octanol–water partition coefficient (Wildman–Crippen LogP) is 2.68. The van der Waals surface area contributed by atoms with Crippen molar-refractivity contribution in [2.75, 3.05) is 0 Å². The van der Waals surface area contributed by atoms with Gasteiger partial charge in [0.2, 0.25) is 0 Å². The van der Waals surface area contributed by atoms with Crippen LogP contribution in [0, 0.1) is 19.8 Å². The molecule has 13 heavy (non-hydrogen) atoms. The second kappa shape index (κ2) is 2.69. The van der Waals surface area contributed by atoms with Crippen molar-refractivity contribution >= 4 is 5.78 Å². The summed E-state index contributed by atoms with van der Waals surface area (Å²) in [4.78, 5) is 11.7. The molecule has 0 heterocycles. The minimum atomic E-state index is 0.191. The summed E-state index contributed by atoms with van der Waals surface area (Å²) in [6.45, 7) is 6.17. The Morgan fingerprint density at radius 3 is 2.54 bits per heavy atom. The summed E-state index contributed by atoms with van der Waals surface area (Å²) in [5, 5.41) is 0. The number of Topliss-reactive ketones (excluding diaryl/α,β-unsaturated/α-hetero) is 1. The number of hydrogen-bond donors (Lipinski definition) is 0. The van der Waals surface area contributed by atoms with Crippen LogP contribution in [0.2, 0.25) is 0 Å². The maximum absolute atomic E-state index is 11.7. The number of hydrogen-bond acceptors (Lipinski definition) is 1. The Hall–Kier alpha value is -1.11. The summed E-state index contributed by atoms with van der Waals surface area (Å²) in [5.41, 5.74) is 4.71. The monoisotopic (exact) mass is 174 g/mol. The van der Waals surface area contributed by atoms with Crippen LogP contribution in [0.25, 0.3) is 0 Å². The minimum absolute atomic E-state index is 0.191. The summed E-state index contributed by atoms with van der Waals surface area (Å²) in [6, 6.07) is 4.20. The highest BCUT2D eigenvalue weighted by Crippen LogP contribution is 2.28. The van der Waals surface area contributed by atoms with Crippen molar-refractivity contribution in [3.63, 3.8) is 0 Å². The minimum Gasteiger partial charge on any atom is -0.294 e. The quantitative estimate of drug-likeness (QED) is 0.591. The van der Waals surface area contributed by atoms with Crippen LogP contribution in [0.4, 0.5) is 0 Å². The zero-order chi connectivity index (χ0) is 9.59. The molecule has 0 saturated carbocycles. The third kappa shape index (κ3) is 1.19. The predicted molar refractivity (Wildman–Crippen MR) is 53.1 cm³/mol. The second-order valence-corrected chi connectivity index (χ2v) is 4.06. The maximum atomic E-state index is 11.7. The Bertz CT molecular complexity index is 377. The standard InChI is InChI=1S/C12H14O/c1-7-4-10-5-9(3)12(13)11(10)6-8(7)2/h4,6,9H,5H2,1-3H3/t9-/m1/s1. The molecule has 0 aromatic heterocycles. The third-order valence-corrected chi connectivity index (χ3v) is 2.96. The third-order valence-electron chi connectivity index (χ3n) is 2.96. The SMILES string of the molecule is Cc1cc2c(cc1C)C(=O)[C@H](C)C2. The smallest absolute Gasteiger partial charge is 0.166 e. The summed E-state index contributed by atoms with van der Waals surface area (Å²) >= 11 is 0. The topological polar surface area (TPSA) is 17.1 Å². The second-order valence-electron chi connectivity index (χ2n) is 4.06. The Morgan fingerprint density at radius 2 is 1.85 bits per heavy atom. The molecule has 0 bridgehead atoms. The van der Waals surface area contributed by atoms with E-state index in [-0.39, 0.29) is 5.92 Å². The molecular formula is C12H14O. The van der Waals surface area contributed by atoms with Crippen molar-refractivity contribution in [2.24, 2.45) is 5.92 Å². The van der Waals surface area contributed by atoms with E-state index in [2.05, 4.69) is 19.9 Å². The lowest BCUT2D eigenvalue weighted by Gasteiger charge is -2.03. The number of carbonyl (C=O) groups excluding carboxylic acids is 1. The lowest BCUT2D eigenvalue weighted by molar-refractivity contribution is 0.0946. The number of aryl methyl sites for hydroxylation is 2. The molecule has 0 radical (unpaired) electrons. The van der Waals surface area contributed by atoms with Gasteiger partial charge in [-0.15, -0.1) is 0 Å². The van der Waals surface area contributed by atoms with E-state index in [0.29, 0.717) is 5.78 Å². The highest BCUT2D eigenvalue weighted by molar-refractivity contribution is 6.02. The van der Waals surface area contributed by atoms with Crippen LogP contribution in [0.3, 0.4) is 0 Å². The van der Waals surface area contributed by atoms with E-state index in [1.807, 2.05) is 13.0 Å². The molecule has 68 valence electrons. The molecule has 2 rings (SSSR count). The Morgan fingerprint density at radius 1 is 1.23 bits per heavy atom. The molecule has 1 aromatic carbocycles. The molecule has 0 saturated heterocycles. The van der Waals surface area contributed by atoms with E-state index in [1.165, 1.54) is 16.7 Å². The Balaban J connectivity index is 2.59. The summed E-state index contributed by atoms with van der Waals surface area (Å²) in [7, 11) is 0. The lowest BCUT2D eigenvalue weighted by atomic mass is 10.0. The van der Waals surface area contributed by atoms with E-state index in [1.54, 1.807) is 0 Å². The van der Waals surface area contributed by atoms with Crippen LogP contribution in [0.15, 0.2) is 12.1 Å². The van der Waals surface area contributed by atoms with Crippen molar-refractivity contribution in [1.82, 2.24) is 0 Å². The van der Waals surface area contributed by atoms with Crippen LogP contribution < -0.4 is 0 Å².